The van der Waals surface area contributed by atoms with Gasteiger partial charge < -0.3 is 34.5 Å². The topological polar surface area (TPSA) is 76.6 Å². The molecule has 0 amide bonds. The van der Waals surface area contributed by atoms with E-state index in [1.54, 1.807) is 28.4 Å². The molecule has 8 nitrogen and oxygen atoms in total. The van der Waals surface area contributed by atoms with Gasteiger partial charge in [0.15, 0.2) is 5.96 Å². The van der Waals surface area contributed by atoms with Crippen LogP contribution in [-0.2, 0) is 0 Å². The van der Waals surface area contributed by atoms with Crippen LogP contribution in [0.25, 0.3) is 0 Å². The molecule has 1 atom stereocenters. The fraction of sp³-hybridized carbons (Fsp3) is 0.458. The predicted octanol–water partition coefficient (Wildman–Crippen LogP) is 2.93. The molecule has 1 fully saturated rings. The molecule has 8 heteroatoms. The van der Waals surface area contributed by atoms with Gasteiger partial charge in [-0.1, -0.05) is 6.07 Å². The highest BCUT2D eigenvalue weighted by atomic mass is 16.5. The summed E-state index contributed by atoms with van der Waals surface area (Å²) in [6.07, 6.45) is 1.89. The van der Waals surface area contributed by atoms with Crippen molar-refractivity contribution in [1.82, 2.24) is 10.6 Å². The monoisotopic (exact) mass is 442 g/mol. The molecule has 3 rings (SSSR count). The summed E-state index contributed by atoms with van der Waals surface area (Å²) in [7, 11) is 6.79. The van der Waals surface area contributed by atoms with E-state index >= 15 is 0 Å². The van der Waals surface area contributed by atoms with Crippen LogP contribution in [0.3, 0.4) is 0 Å². The van der Waals surface area contributed by atoms with E-state index in [1.165, 1.54) is 0 Å². The molecule has 174 valence electrons. The number of aliphatic imine (C=N–C) groups is 1. The standard InChI is InChI=1S/C24H34N4O4/c1-25-24(26-10-6-12-32-21-8-5-7-20(15-21)29-2)27-18-9-11-28(17-18)19-13-22(30-3)16-23(14-19)31-4/h5,7-8,13-16,18H,6,9-12,17H2,1-4H3,(H2,25,26,27). The van der Waals surface area contributed by atoms with E-state index in [4.69, 9.17) is 18.9 Å². The van der Waals surface area contributed by atoms with Crippen molar-refractivity contribution in [3.63, 3.8) is 0 Å². The summed E-state index contributed by atoms with van der Waals surface area (Å²) in [4.78, 5) is 6.69. The van der Waals surface area contributed by atoms with Gasteiger partial charge in [-0.3, -0.25) is 4.99 Å². The van der Waals surface area contributed by atoms with Crippen LogP contribution < -0.4 is 34.5 Å². The Morgan fingerprint density at radius 2 is 1.69 bits per heavy atom. The Morgan fingerprint density at radius 3 is 2.38 bits per heavy atom. The van der Waals surface area contributed by atoms with Crippen LogP contribution in [0.5, 0.6) is 23.0 Å². The number of benzene rings is 2. The first kappa shape index (κ1) is 23.4. The summed E-state index contributed by atoms with van der Waals surface area (Å²) in [6.45, 7) is 3.23. The molecule has 1 heterocycles. The number of methoxy groups -OCH3 is 3. The Balaban J connectivity index is 1.41. The zero-order chi connectivity index (χ0) is 22.8. The molecular formula is C24H34N4O4. The highest BCUT2D eigenvalue weighted by molar-refractivity contribution is 5.80. The van der Waals surface area contributed by atoms with E-state index < -0.39 is 0 Å². The smallest absolute Gasteiger partial charge is 0.191 e. The van der Waals surface area contributed by atoms with Crippen LogP contribution in [0, 0.1) is 0 Å². The van der Waals surface area contributed by atoms with Crippen molar-refractivity contribution in [2.45, 2.75) is 18.9 Å². The van der Waals surface area contributed by atoms with Gasteiger partial charge in [0.2, 0.25) is 0 Å². The Labute approximate surface area is 190 Å². The van der Waals surface area contributed by atoms with E-state index in [9.17, 15) is 0 Å². The second-order valence-corrected chi connectivity index (χ2v) is 7.53. The van der Waals surface area contributed by atoms with Crippen molar-refractivity contribution in [2.24, 2.45) is 4.99 Å². The van der Waals surface area contributed by atoms with Crippen LogP contribution in [0.15, 0.2) is 47.5 Å². The largest absolute Gasteiger partial charge is 0.497 e. The lowest BCUT2D eigenvalue weighted by atomic mass is 10.2. The maximum atomic E-state index is 5.79. The molecule has 1 aliphatic rings. The molecule has 0 radical (unpaired) electrons. The Morgan fingerprint density at radius 1 is 1.00 bits per heavy atom. The summed E-state index contributed by atoms with van der Waals surface area (Å²) in [5.41, 5.74) is 1.10. The molecule has 2 aromatic rings. The van der Waals surface area contributed by atoms with E-state index in [2.05, 4.69) is 20.5 Å². The minimum Gasteiger partial charge on any atom is -0.497 e. The van der Waals surface area contributed by atoms with Crippen LogP contribution in [-0.4, -0.2) is 66.6 Å². The van der Waals surface area contributed by atoms with Gasteiger partial charge in [-0.15, -0.1) is 0 Å². The van der Waals surface area contributed by atoms with Crippen LogP contribution in [0.1, 0.15) is 12.8 Å². The zero-order valence-corrected chi connectivity index (χ0v) is 19.4. The van der Waals surface area contributed by atoms with Gasteiger partial charge in [0.25, 0.3) is 0 Å². The summed E-state index contributed by atoms with van der Waals surface area (Å²) >= 11 is 0. The first-order valence-corrected chi connectivity index (χ1v) is 10.9. The molecular weight excluding hydrogens is 408 g/mol. The maximum Gasteiger partial charge on any atom is 0.191 e. The van der Waals surface area contributed by atoms with Gasteiger partial charge in [-0.25, -0.2) is 0 Å². The molecule has 0 bridgehead atoms. The minimum atomic E-state index is 0.312. The molecule has 1 unspecified atom stereocenters. The van der Waals surface area contributed by atoms with Crippen LogP contribution in [0.2, 0.25) is 0 Å². The minimum absolute atomic E-state index is 0.312. The van der Waals surface area contributed by atoms with E-state index in [0.29, 0.717) is 12.6 Å². The SMILES string of the molecule is CN=C(NCCCOc1cccc(OC)c1)NC1CCN(c2cc(OC)cc(OC)c2)C1. The lowest BCUT2D eigenvalue weighted by Gasteiger charge is -2.21. The molecule has 1 saturated heterocycles. The first-order valence-electron chi connectivity index (χ1n) is 10.9. The number of guanidine groups is 1. The second-order valence-electron chi connectivity index (χ2n) is 7.53. The number of ether oxygens (including phenoxy) is 4. The molecule has 32 heavy (non-hydrogen) atoms. The van der Waals surface area contributed by atoms with E-state index in [0.717, 1.165) is 67.1 Å². The predicted molar refractivity (Wildman–Crippen MR) is 128 cm³/mol. The number of nitrogens with zero attached hydrogens (tertiary/aromatic N) is 2. The van der Waals surface area contributed by atoms with Crippen LogP contribution >= 0.6 is 0 Å². The normalized spacial score (nSPS) is 15.9. The Kier molecular flexibility index (Phi) is 8.71. The number of hydrogen-bond acceptors (Lipinski definition) is 6. The van der Waals surface area contributed by atoms with Gasteiger partial charge in [0.05, 0.1) is 27.9 Å². The van der Waals surface area contributed by atoms with Gasteiger partial charge in [-0.05, 0) is 25.0 Å². The van der Waals surface area contributed by atoms with Crippen molar-refractivity contribution in [2.75, 3.05) is 59.5 Å². The molecule has 0 saturated carbocycles. The Hall–Kier alpha value is -3.29. The van der Waals surface area contributed by atoms with Crippen molar-refractivity contribution in [3.8, 4) is 23.0 Å². The molecule has 2 aromatic carbocycles. The van der Waals surface area contributed by atoms with Crippen molar-refractivity contribution in [3.05, 3.63) is 42.5 Å². The molecule has 0 spiro atoms. The third-order valence-corrected chi connectivity index (χ3v) is 5.38. The molecule has 1 aliphatic heterocycles. The van der Waals surface area contributed by atoms with E-state index in [1.807, 2.05) is 42.5 Å². The summed E-state index contributed by atoms with van der Waals surface area (Å²) in [5, 5.41) is 6.90. The van der Waals surface area contributed by atoms with Gasteiger partial charge in [0, 0.05) is 62.7 Å². The van der Waals surface area contributed by atoms with Gasteiger partial charge >= 0.3 is 0 Å². The third kappa shape index (κ3) is 6.60. The average molecular weight is 443 g/mol. The molecule has 2 N–H and O–H groups in total. The number of rotatable bonds is 10. The first-order chi connectivity index (χ1) is 15.6. The lowest BCUT2D eigenvalue weighted by Crippen LogP contribution is -2.45. The van der Waals surface area contributed by atoms with Gasteiger partial charge in [0.1, 0.15) is 23.0 Å². The summed E-state index contributed by atoms with van der Waals surface area (Å²) in [6, 6.07) is 13.9. The number of anilines is 1. The fourth-order valence-electron chi connectivity index (χ4n) is 3.64. The molecule has 0 aliphatic carbocycles. The molecule has 0 aromatic heterocycles. The third-order valence-electron chi connectivity index (χ3n) is 5.38. The summed E-state index contributed by atoms with van der Waals surface area (Å²) < 4.78 is 21.8. The maximum absolute atomic E-state index is 5.79. The Bertz CT molecular complexity index is 868. The highest BCUT2D eigenvalue weighted by Gasteiger charge is 2.24. The van der Waals surface area contributed by atoms with Gasteiger partial charge in [-0.2, -0.15) is 0 Å². The van der Waals surface area contributed by atoms with Crippen LogP contribution in [0.4, 0.5) is 5.69 Å². The van der Waals surface area contributed by atoms with Crippen molar-refractivity contribution < 1.29 is 18.9 Å². The quantitative estimate of drug-likeness (QED) is 0.333. The average Bonchev–Trinajstić information content (AvgIpc) is 3.31. The number of hydrogen-bond donors (Lipinski definition) is 2. The highest BCUT2D eigenvalue weighted by Crippen LogP contribution is 2.30. The number of nitrogens with one attached hydrogen (secondary N) is 2. The van der Waals surface area contributed by atoms with Crippen molar-refractivity contribution >= 4 is 11.6 Å². The fourth-order valence-corrected chi connectivity index (χ4v) is 3.64. The second kappa shape index (κ2) is 11.9. The summed E-state index contributed by atoms with van der Waals surface area (Å²) in [5.74, 6) is 4.01. The lowest BCUT2D eigenvalue weighted by molar-refractivity contribution is 0.308. The van der Waals surface area contributed by atoms with Crippen molar-refractivity contribution in [1.29, 1.82) is 0 Å². The van der Waals surface area contributed by atoms with E-state index in [-0.39, 0.29) is 0 Å². The zero-order valence-electron chi connectivity index (χ0n) is 19.4.